The Morgan fingerprint density at radius 1 is 1.07 bits per heavy atom. The fourth-order valence-corrected chi connectivity index (χ4v) is 7.41. The number of halogens is 1. The van der Waals surface area contributed by atoms with Crippen LogP contribution in [-0.4, -0.2) is 76.0 Å². The molecule has 7 nitrogen and oxygen atoms in total. The number of rotatable bonds is 12. The minimum atomic E-state index is -0.713. The van der Waals surface area contributed by atoms with Gasteiger partial charge in [-0.3, -0.25) is 14.4 Å². The van der Waals surface area contributed by atoms with Crippen LogP contribution in [0.2, 0.25) is 0 Å². The van der Waals surface area contributed by atoms with Crippen molar-refractivity contribution in [2.24, 2.45) is 11.8 Å². The second kappa shape index (κ2) is 13.6. The lowest BCUT2D eigenvalue weighted by molar-refractivity contribution is -0.144. The molecule has 43 heavy (non-hydrogen) atoms. The van der Waals surface area contributed by atoms with Crippen molar-refractivity contribution in [3.05, 3.63) is 83.4 Å². The predicted molar refractivity (Wildman–Crippen MR) is 165 cm³/mol. The van der Waals surface area contributed by atoms with Crippen molar-refractivity contribution >= 4 is 5.97 Å². The third-order valence-electron chi connectivity index (χ3n) is 10.0. The lowest BCUT2D eigenvalue weighted by atomic mass is 9.80. The van der Waals surface area contributed by atoms with Crippen molar-refractivity contribution in [3.63, 3.8) is 0 Å². The van der Waals surface area contributed by atoms with Crippen molar-refractivity contribution in [2.75, 3.05) is 39.3 Å². The van der Waals surface area contributed by atoms with Crippen molar-refractivity contribution in [1.82, 2.24) is 19.6 Å². The molecule has 8 heteroatoms. The Balaban J connectivity index is 1.07. The van der Waals surface area contributed by atoms with Gasteiger partial charge in [0, 0.05) is 31.7 Å². The van der Waals surface area contributed by atoms with Crippen molar-refractivity contribution in [2.45, 2.75) is 69.9 Å². The first-order chi connectivity index (χ1) is 20.9. The Morgan fingerprint density at radius 3 is 2.53 bits per heavy atom. The fraction of sp³-hybridized carbons (Fsp3) is 0.543. The predicted octanol–water partition coefficient (Wildman–Crippen LogP) is 6.01. The van der Waals surface area contributed by atoms with Crippen LogP contribution in [0.3, 0.4) is 0 Å². The number of hydrogen-bond acceptors (Lipinski definition) is 5. The minimum Gasteiger partial charge on any atom is -0.494 e. The van der Waals surface area contributed by atoms with Crippen molar-refractivity contribution in [3.8, 4) is 5.75 Å². The van der Waals surface area contributed by atoms with E-state index in [-0.39, 0.29) is 17.7 Å². The van der Waals surface area contributed by atoms with Gasteiger partial charge >= 0.3 is 5.97 Å². The summed E-state index contributed by atoms with van der Waals surface area (Å²) in [6.45, 7) is 7.75. The van der Waals surface area contributed by atoms with Gasteiger partial charge in [-0.15, -0.1) is 0 Å². The number of nitrogens with zero attached hydrogens (tertiary/aromatic N) is 4. The van der Waals surface area contributed by atoms with Crippen LogP contribution < -0.4 is 4.74 Å². The zero-order valence-electron chi connectivity index (χ0n) is 25.3. The van der Waals surface area contributed by atoms with E-state index in [0.29, 0.717) is 25.0 Å². The molecule has 0 spiro atoms. The van der Waals surface area contributed by atoms with E-state index in [1.54, 1.807) is 12.1 Å². The van der Waals surface area contributed by atoms with Crippen LogP contribution in [-0.2, 0) is 11.3 Å². The van der Waals surface area contributed by atoms with Crippen molar-refractivity contribution < 1.29 is 19.0 Å². The average Bonchev–Trinajstić information content (AvgIpc) is 3.61. The van der Waals surface area contributed by atoms with Gasteiger partial charge in [0.25, 0.3) is 0 Å². The summed E-state index contributed by atoms with van der Waals surface area (Å²) in [5.74, 6) is 1.38. The molecule has 0 bridgehead atoms. The third kappa shape index (κ3) is 7.29. The van der Waals surface area contributed by atoms with Crippen LogP contribution in [0, 0.1) is 17.7 Å². The van der Waals surface area contributed by atoms with Gasteiger partial charge in [0.15, 0.2) is 0 Å². The summed E-state index contributed by atoms with van der Waals surface area (Å²) >= 11 is 0. The molecule has 3 fully saturated rings. The molecule has 1 aromatic heterocycles. The molecule has 1 N–H and O–H groups in total. The molecular weight excluding hydrogens is 543 g/mol. The Hall–Kier alpha value is -3.23. The largest absolute Gasteiger partial charge is 0.494 e. The normalized spacial score (nSPS) is 22.8. The van der Waals surface area contributed by atoms with Crippen LogP contribution in [0.15, 0.2) is 60.9 Å². The molecule has 3 aliphatic rings. The van der Waals surface area contributed by atoms with E-state index in [1.165, 1.54) is 23.6 Å². The van der Waals surface area contributed by atoms with E-state index in [1.807, 2.05) is 36.0 Å². The Kier molecular flexibility index (Phi) is 9.43. The number of likely N-dealkylation sites (tertiary alicyclic amines) is 2. The zero-order valence-corrected chi connectivity index (χ0v) is 25.3. The Bertz CT molecular complexity index is 1350. The number of carbonyl (C=O) groups is 1. The second-order valence-electron chi connectivity index (χ2n) is 12.9. The molecule has 2 saturated heterocycles. The smallest absolute Gasteiger partial charge is 0.320 e. The van der Waals surface area contributed by atoms with Gasteiger partial charge in [0.2, 0.25) is 0 Å². The molecule has 0 amide bonds. The van der Waals surface area contributed by atoms with Crippen LogP contribution in [0.25, 0.3) is 0 Å². The maximum absolute atomic E-state index is 14.3. The Morgan fingerprint density at radius 2 is 1.86 bits per heavy atom. The van der Waals surface area contributed by atoms with Crippen LogP contribution in [0.4, 0.5) is 4.39 Å². The maximum atomic E-state index is 14.3. The minimum absolute atomic E-state index is 0.137. The van der Waals surface area contributed by atoms with E-state index in [9.17, 15) is 14.3 Å². The highest BCUT2D eigenvalue weighted by atomic mass is 19.1. The second-order valence-corrected chi connectivity index (χ2v) is 12.9. The molecule has 2 aromatic carbocycles. The van der Waals surface area contributed by atoms with E-state index in [4.69, 9.17) is 4.74 Å². The Labute approximate surface area is 254 Å². The first kappa shape index (κ1) is 29.8. The van der Waals surface area contributed by atoms with Gasteiger partial charge in [0.05, 0.1) is 19.3 Å². The van der Waals surface area contributed by atoms with Gasteiger partial charge < -0.3 is 14.7 Å². The monoisotopic (exact) mass is 588 g/mol. The molecule has 1 aliphatic carbocycles. The van der Waals surface area contributed by atoms with E-state index in [0.717, 1.165) is 76.1 Å². The van der Waals surface area contributed by atoms with Crippen LogP contribution in [0.5, 0.6) is 5.75 Å². The molecule has 3 aromatic rings. The van der Waals surface area contributed by atoms with Gasteiger partial charge in [-0.05, 0) is 98.0 Å². The van der Waals surface area contributed by atoms with Gasteiger partial charge in [-0.25, -0.2) is 4.39 Å². The molecule has 3 heterocycles. The summed E-state index contributed by atoms with van der Waals surface area (Å²) in [6, 6.07) is 14.7. The van der Waals surface area contributed by atoms with Crippen LogP contribution in [0.1, 0.15) is 74.0 Å². The standard InChI is InChI=1S/C35H45FN4O3/c1-2-43-32-11-9-26(10-12-32)20-40-23-29(19-37-40)27-13-15-38(16-14-27)21-30-22-39(34(35(41)42)17-25-5-3-6-25)24-33(30)28-7-4-8-31(36)18-28/h4,7-12,18-19,23,25,27,30,33-34H,2-3,5-6,13-17,20-22,24H2,1H3,(H,41,42)/t30-,33+,34+/m0/s1. The summed E-state index contributed by atoms with van der Waals surface area (Å²) in [6.07, 6.45) is 10.6. The van der Waals surface area contributed by atoms with Gasteiger partial charge in [-0.2, -0.15) is 5.10 Å². The molecule has 0 unspecified atom stereocenters. The number of aromatic nitrogens is 2. The summed E-state index contributed by atoms with van der Waals surface area (Å²) < 4.78 is 21.8. The number of carboxylic acid groups (broad SMARTS) is 1. The highest BCUT2D eigenvalue weighted by molar-refractivity contribution is 5.73. The number of carboxylic acids is 1. The number of hydrogen-bond donors (Lipinski definition) is 1. The summed E-state index contributed by atoms with van der Waals surface area (Å²) in [5.41, 5.74) is 3.50. The highest BCUT2D eigenvalue weighted by Gasteiger charge is 2.41. The average molecular weight is 589 g/mol. The van der Waals surface area contributed by atoms with Crippen LogP contribution >= 0.6 is 0 Å². The number of piperidine rings is 1. The lowest BCUT2D eigenvalue weighted by Gasteiger charge is -2.34. The molecule has 2 aliphatic heterocycles. The fourth-order valence-electron chi connectivity index (χ4n) is 7.41. The van der Waals surface area contributed by atoms with E-state index < -0.39 is 12.0 Å². The molecule has 6 rings (SSSR count). The molecular formula is C35H45FN4O3. The van der Waals surface area contributed by atoms with Gasteiger partial charge in [0.1, 0.15) is 17.6 Å². The quantitative estimate of drug-likeness (QED) is 0.280. The molecule has 0 radical (unpaired) electrons. The number of aliphatic carboxylic acids is 1. The van der Waals surface area contributed by atoms with Gasteiger partial charge in [-0.1, -0.05) is 43.5 Å². The lowest BCUT2D eigenvalue weighted by Crippen LogP contribution is -2.43. The maximum Gasteiger partial charge on any atom is 0.320 e. The summed E-state index contributed by atoms with van der Waals surface area (Å²) in [7, 11) is 0. The first-order valence-corrected chi connectivity index (χ1v) is 16.1. The highest BCUT2D eigenvalue weighted by Crippen LogP contribution is 2.39. The zero-order chi connectivity index (χ0) is 29.8. The van der Waals surface area contributed by atoms with Crippen molar-refractivity contribution in [1.29, 1.82) is 0 Å². The van der Waals surface area contributed by atoms with E-state index in [2.05, 4.69) is 33.2 Å². The molecule has 1 saturated carbocycles. The topological polar surface area (TPSA) is 70.8 Å². The number of benzene rings is 2. The third-order valence-corrected chi connectivity index (χ3v) is 10.0. The molecule has 230 valence electrons. The van der Waals surface area contributed by atoms with E-state index >= 15 is 0 Å². The summed E-state index contributed by atoms with van der Waals surface area (Å²) in [5, 5.41) is 14.8. The first-order valence-electron chi connectivity index (χ1n) is 16.1. The number of ether oxygens (including phenoxy) is 1. The summed E-state index contributed by atoms with van der Waals surface area (Å²) in [4.78, 5) is 17.1. The molecule has 3 atom stereocenters. The SMILES string of the molecule is CCOc1ccc(Cn2cc(C3CCN(C[C@H]4CN([C@H](CC5CCC5)C(=O)O)C[C@@H]4c4cccc(F)c4)CC3)cn2)cc1.